The summed E-state index contributed by atoms with van der Waals surface area (Å²) in [6, 6.07) is 8.70. The number of ether oxygens (including phenoxy) is 1. The molecule has 0 fully saturated rings. The van der Waals surface area contributed by atoms with E-state index in [9.17, 15) is 0 Å². The molecule has 0 aliphatic rings. The molecule has 0 aliphatic carbocycles. The topological polar surface area (TPSA) is 21.3 Å². The van der Waals surface area contributed by atoms with Gasteiger partial charge in [0.1, 0.15) is 0 Å². The molecule has 2 nitrogen and oxygen atoms in total. The summed E-state index contributed by atoms with van der Waals surface area (Å²) in [5.41, 5.74) is 2.87. The van der Waals surface area contributed by atoms with Crippen LogP contribution in [0.25, 0.3) is 0 Å². The van der Waals surface area contributed by atoms with E-state index in [2.05, 4.69) is 43.4 Å². The van der Waals surface area contributed by atoms with Gasteiger partial charge in [0.15, 0.2) is 0 Å². The molecule has 0 heterocycles. The lowest BCUT2D eigenvalue weighted by atomic mass is 9.85. The van der Waals surface area contributed by atoms with E-state index in [-0.39, 0.29) is 0 Å². The van der Waals surface area contributed by atoms with E-state index in [1.165, 1.54) is 11.1 Å². The summed E-state index contributed by atoms with van der Waals surface area (Å²) < 4.78 is 5.19. The molecule has 18 heavy (non-hydrogen) atoms. The largest absolute Gasteiger partial charge is 0.385 e. The van der Waals surface area contributed by atoms with Gasteiger partial charge in [0, 0.05) is 13.7 Å². The number of hydrogen-bond donors (Lipinski definition) is 1. The van der Waals surface area contributed by atoms with Crippen LogP contribution in [0.2, 0.25) is 0 Å². The summed E-state index contributed by atoms with van der Waals surface area (Å²) in [4.78, 5) is 0. The number of aryl methyl sites for hydroxylation is 1. The monoisotopic (exact) mass is 249 g/mol. The number of nitrogens with one attached hydrogen (secondary N) is 1. The Labute approximate surface area is 112 Å². The molecule has 0 saturated heterocycles. The van der Waals surface area contributed by atoms with E-state index in [0.717, 1.165) is 26.0 Å². The van der Waals surface area contributed by atoms with Crippen molar-refractivity contribution in [3.8, 4) is 0 Å². The van der Waals surface area contributed by atoms with Gasteiger partial charge in [0.05, 0.1) is 0 Å². The fourth-order valence-corrected chi connectivity index (χ4v) is 2.40. The minimum absolute atomic E-state index is 0.672. The van der Waals surface area contributed by atoms with Gasteiger partial charge in [-0.3, -0.25) is 0 Å². The zero-order valence-corrected chi connectivity index (χ0v) is 12.2. The zero-order valence-electron chi connectivity index (χ0n) is 12.2. The summed E-state index contributed by atoms with van der Waals surface area (Å²) in [5, 5.41) is 3.32. The van der Waals surface area contributed by atoms with Crippen molar-refractivity contribution in [2.24, 2.45) is 11.8 Å². The van der Waals surface area contributed by atoms with Crippen LogP contribution in [0.4, 0.5) is 0 Å². The van der Waals surface area contributed by atoms with Crippen molar-refractivity contribution in [3.05, 3.63) is 35.4 Å². The highest BCUT2D eigenvalue weighted by atomic mass is 16.5. The lowest BCUT2D eigenvalue weighted by Gasteiger charge is -2.24. The maximum atomic E-state index is 5.19. The Hall–Kier alpha value is -0.860. The van der Waals surface area contributed by atoms with Gasteiger partial charge in [-0.15, -0.1) is 0 Å². The van der Waals surface area contributed by atoms with Crippen molar-refractivity contribution in [1.82, 2.24) is 5.32 Å². The molecule has 0 aliphatic heterocycles. The Morgan fingerprint density at radius 1 is 1.28 bits per heavy atom. The fraction of sp³-hybridized carbons (Fsp3) is 0.625. The van der Waals surface area contributed by atoms with Crippen molar-refractivity contribution >= 4 is 0 Å². The Bertz CT molecular complexity index is 338. The SMILES string of the molecule is CNCC(Cc1ccccc1C)C(C)CCOC. The highest BCUT2D eigenvalue weighted by Crippen LogP contribution is 2.21. The van der Waals surface area contributed by atoms with E-state index in [1.807, 2.05) is 7.05 Å². The van der Waals surface area contributed by atoms with Gasteiger partial charge in [-0.2, -0.15) is 0 Å². The zero-order chi connectivity index (χ0) is 13.4. The van der Waals surface area contributed by atoms with Crippen LogP contribution in [0.15, 0.2) is 24.3 Å². The lowest BCUT2D eigenvalue weighted by Crippen LogP contribution is -2.27. The van der Waals surface area contributed by atoms with E-state index in [4.69, 9.17) is 4.74 Å². The molecular formula is C16H27NO. The second-order valence-electron chi connectivity index (χ2n) is 5.21. The lowest BCUT2D eigenvalue weighted by molar-refractivity contribution is 0.164. The second kappa shape index (κ2) is 8.28. The first-order valence-electron chi connectivity index (χ1n) is 6.87. The van der Waals surface area contributed by atoms with E-state index >= 15 is 0 Å². The molecular weight excluding hydrogens is 222 g/mol. The van der Waals surface area contributed by atoms with E-state index in [1.54, 1.807) is 7.11 Å². The van der Waals surface area contributed by atoms with E-state index < -0.39 is 0 Å². The van der Waals surface area contributed by atoms with Crippen LogP contribution in [-0.2, 0) is 11.2 Å². The highest BCUT2D eigenvalue weighted by Gasteiger charge is 2.17. The molecule has 0 bridgehead atoms. The summed E-state index contributed by atoms with van der Waals surface area (Å²) in [6.07, 6.45) is 2.28. The molecule has 1 aromatic rings. The van der Waals surface area contributed by atoms with Gasteiger partial charge in [-0.1, -0.05) is 31.2 Å². The van der Waals surface area contributed by atoms with Gasteiger partial charge in [0.2, 0.25) is 0 Å². The number of methoxy groups -OCH3 is 1. The van der Waals surface area contributed by atoms with Crippen LogP contribution in [0.1, 0.15) is 24.5 Å². The maximum Gasteiger partial charge on any atom is 0.0464 e. The molecule has 0 radical (unpaired) electrons. The minimum atomic E-state index is 0.672. The smallest absolute Gasteiger partial charge is 0.0464 e. The summed E-state index contributed by atoms with van der Waals surface area (Å²) in [5.74, 6) is 1.35. The maximum absolute atomic E-state index is 5.19. The van der Waals surface area contributed by atoms with Gasteiger partial charge in [0.25, 0.3) is 0 Å². The van der Waals surface area contributed by atoms with Crippen molar-refractivity contribution in [2.45, 2.75) is 26.7 Å². The summed E-state index contributed by atoms with van der Waals surface area (Å²) in [6.45, 7) is 6.46. The fourth-order valence-electron chi connectivity index (χ4n) is 2.40. The molecule has 0 saturated carbocycles. The van der Waals surface area contributed by atoms with Crippen LogP contribution in [0.3, 0.4) is 0 Å². The van der Waals surface area contributed by atoms with Gasteiger partial charge < -0.3 is 10.1 Å². The van der Waals surface area contributed by atoms with Gasteiger partial charge >= 0.3 is 0 Å². The third kappa shape index (κ3) is 4.79. The Morgan fingerprint density at radius 3 is 2.61 bits per heavy atom. The predicted molar refractivity (Wildman–Crippen MR) is 78.0 cm³/mol. The average molecular weight is 249 g/mol. The van der Waals surface area contributed by atoms with Crippen LogP contribution < -0.4 is 5.32 Å². The van der Waals surface area contributed by atoms with Crippen LogP contribution in [0.5, 0.6) is 0 Å². The number of rotatable bonds is 8. The minimum Gasteiger partial charge on any atom is -0.385 e. The van der Waals surface area contributed by atoms with Gasteiger partial charge in [-0.05, 0) is 56.3 Å². The third-order valence-electron chi connectivity index (χ3n) is 3.79. The molecule has 2 heteroatoms. The molecule has 0 amide bonds. The quantitative estimate of drug-likeness (QED) is 0.764. The molecule has 2 atom stereocenters. The Morgan fingerprint density at radius 2 is 2.00 bits per heavy atom. The van der Waals surface area contributed by atoms with Crippen LogP contribution >= 0.6 is 0 Å². The van der Waals surface area contributed by atoms with Crippen LogP contribution in [-0.4, -0.2) is 27.3 Å². The molecule has 0 aromatic heterocycles. The summed E-state index contributed by atoms with van der Waals surface area (Å²) in [7, 11) is 3.81. The third-order valence-corrected chi connectivity index (χ3v) is 3.79. The average Bonchev–Trinajstić information content (AvgIpc) is 2.38. The Balaban J connectivity index is 2.64. The van der Waals surface area contributed by atoms with Crippen molar-refractivity contribution in [3.63, 3.8) is 0 Å². The molecule has 1 N–H and O–H groups in total. The van der Waals surface area contributed by atoms with Crippen LogP contribution in [0, 0.1) is 18.8 Å². The van der Waals surface area contributed by atoms with Crippen molar-refractivity contribution in [1.29, 1.82) is 0 Å². The van der Waals surface area contributed by atoms with Crippen molar-refractivity contribution < 1.29 is 4.74 Å². The number of hydrogen-bond acceptors (Lipinski definition) is 2. The summed E-state index contributed by atoms with van der Waals surface area (Å²) >= 11 is 0. The molecule has 102 valence electrons. The number of benzene rings is 1. The first-order valence-corrected chi connectivity index (χ1v) is 6.87. The molecule has 0 spiro atoms. The standard InChI is InChI=1S/C16H27NO/c1-13-7-5-6-8-15(13)11-16(12-17-3)14(2)9-10-18-4/h5-8,14,16-17H,9-12H2,1-4H3. The van der Waals surface area contributed by atoms with Gasteiger partial charge in [-0.25, -0.2) is 0 Å². The molecule has 1 aromatic carbocycles. The Kier molecular flexibility index (Phi) is 6.99. The molecule has 1 rings (SSSR count). The van der Waals surface area contributed by atoms with E-state index in [0.29, 0.717) is 11.8 Å². The second-order valence-corrected chi connectivity index (χ2v) is 5.21. The normalized spacial score (nSPS) is 14.4. The first kappa shape index (κ1) is 15.2. The first-order chi connectivity index (χ1) is 8.69. The highest BCUT2D eigenvalue weighted by molar-refractivity contribution is 5.26. The molecule has 2 unspecified atom stereocenters. The van der Waals surface area contributed by atoms with Crippen molar-refractivity contribution in [2.75, 3.05) is 27.3 Å². The predicted octanol–water partition coefficient (Wildman–Crippen LogP) is 3.05.